The minimum Gasteiger partial charge on any atom is -0.326 e. The third kappa shape index (κ3) is 3.50. The van der Waals surface area contributed by atoms with Crippen LogP contribution >= 0.6 is 0 Å². The lowest BCUT2D eigenvalue weighted by atomic mass is 9.83. The van der Waals surface area contributed by atoms with E-state index in [1.807, 2.05) is 24.6 Å². The van der Waals surface area contributed by atoms with E-state index in [1.165, 1.54) is 0 Å². The summed E-state index contributed by atoms with van der Waals surface area (Å²) in [5.74, 6) is -0.223. The van der Waals surface area contributed by atoms with E-state index in [-0.39, 0.29) is 11.8 Å². The number of hydrogen-bond donors (Lipinski definition) is 2. The first-order valence-electron chi connectivity index (χ1n) is 8.26. The van der Waals surface area contributed by atoms with E-state index in [9.17, 15) is 13.2 Å². The lowest BCUT2D eigenvalue weighted by Gasteiger charge is -2.27. The van der Waals surface area contributed by atoms with Gasteiger partial charge in [-0.05, 0) is 31.5 Å². The molecule has 1 atom stereocenters. The van der Waals surface area contributed by atoms with E-state index in [2.05, 4.69) is 21.7 Å². The Morgan fingerprint density at radius 3 is 2.81 bits per heavy atom. The van der Waals surface area contributed by atoms with Crippen molar-refractivity contribution in [3.05, 3.63) is 53.4 Å². The predicted octanol–water partition coefficient (Wildman–Crippen LogP) is 2.53. The maximum atomic E-state index is 12.3. The number of hydrogen-bond acceptors (Lipinski definition) is 4. The Kier molecular flexibility index (Phi) is 4.62. The number of aromatic nitrogens is 2. The molecule has 2 aromatic rings. The fraction of sp³-hybridized carbons (Fsp3) is 0.333. The number of sulfonamides is 1. The lowest BCUT2D eigenvalue weighted by Crippen LogP contribution is -2.24. The van der Waals surface area contributed by atoms with E-state index in [1.54, 1.807) is 18.2 Å². The summed E-state index contributed by atoms with van der Waals surface area (Å²) in [5.41, 5.74) is 4.91. The van der Waals surface area contributed by atoms with E-state index in [0.29, 0.717) is 24.3 Å². The SMILES string of the molecule is C=CCn1nc(C)c([C@@H]2CC(=O)Nc3cc(NS(C)(=O)=O)ccc32)c1C. The van der Waals surface area contributed by atoms with Gasteiger partial charge >= 0.3 is 0 Å². The second kappa shape index (κ2) is 6.60. The summed E-state index contributed by atoms with van der Waals surface area (Å²) in [6, 6.07) is 5.22. The minimum absolute atomic E-state index is 0.103. The summed E-state index contributed by atoms with van der Waals surface area (Å²) in [6.45, 7) is 8.29. The van der Waals surface area contributed by atoms with Gasteiger partial charge in [-0.3, -0.25) is 14.2 Å². The second-order valence-corrected chi connectivity index (χ2v) is 8.28. The number of amides is 1. The minimum atomic E-state index is -3.38. The molecule has 0 fully saturated rings. The number of fused-ring (bicyclic) bond motifs is 1. The molecule has 1 aromatic carbocycles. The molecule has 7 nitrogen and oxygen atoms in total. The van der Waals surface area contributed by atoms with Crippen molar-refractivity contribution in [3.8, 4) is 0 Å². The van der Waals surface area contributed by atoms with Crippen LogP contribution in [0.15, 0.2) is 30.9 Å². The third-order valence-electron chi connectivity index (χ3n) is 4.48. The van der Waals surface area contributed by atoms with Crippen LogP contribution in [0.5, 0.6) is 0 Å². The highest BCUT2D eigenvalue weighted by molar-refractivity contribution is 7.92. The number of carbonyl (C=O) groups is 1. The maximum Gasteiger partial charge on any atom is 0.229 e. The molecule has 1 aliphatic rings. The van der Waals surface area contributed by atoms with Crippen molar-refractivity contribution in [1.29, 1.82) is 0 Å². The van der Waals surface area contributed by atoms with E-state index >= 15 is 0 Å². The quantitative estimate of drug-likeness (QED) is 0.787. The molecule has 1 aromatic heterocycles. The Morgan fingerprint density at radius 2 is 2.15 bits per heavy atom. The van der Waals surface area contributed by atoms with Gasteiger partial charge in [-0.1, -0.05) is 12.1 Å². The van der Waals surface area contributed by atoms with Gasteiger partial charge in [0.2, 0.25) is 15.9 Å². The van der Waals surface area contributed by atoms with Crippen molar-refractivity contribution in [3.63, 3.8) is 0 Å². The van der Waals surface area contributed by atoms with Crippen LogP contribution in [0, 0.1) is 13.8 Å². The zero-order valence-electron chi connectivity index (χ0n) is 15.0. The van der Waals surface area contributed by atoms with Crippen molar-refractivity contribution in [2.45, 2.75) is 32.7 Å². The number of anilines is 2. The molecular formula is C18H22N4O3S. The first kappa shape index (κ1) is 18.2. The van der Waals surface area contributed by atoms with Crippen LogP contribution in [0.25, 0.3) is 0 Å². The Labute approximate surface area is 153 Å². The molecule has 0 spiro atoms. The molecule has 1 amide bonds. The molecule has 0 saturated heterocycles. The molecule has 2 N–H and O–H groups in total. The van der Waals surface area contributed by atoms with Gasteiger partial charge in [-0.15, -0.1) is 6.58 Å². The number of rotatable bonds is 5. The monoisotopic (exact) mass is 374 g/mol. The Hall–Kier alpha value is -2.61. The molecule has 138 valence electrons. The predicted molar refractivity (Wildman–Crippen MR) is 102 cm³/mol. The lowest BCUT2D eigenvalue weighted by molar-refractivity contribution is -0.116. The van der Waals surface area contributed by atoms with Crippen LogP contribution in [-0.4, -0.2) is 30.4 Å². The second-order valence-electron chi connectivity index (χ2n) is 6.54. The summed E-state index contributed by atoms with van der Waals surface area (Å²) >= 11 is 0. The topological polar surface area (TPSA) is 93.1 Å². The van der Waals surface area contributed by atoms with Crippen LogP contribution in [0.4, 0.5) is 11.4 Å². The van der Waals surface area contributed by atoms with Gasteiger partial charge in [-0.2, -0.15) is 5.10 Å². The fourth-order valence-corrected chi connectivity index (χ4v) is 4.07. The molecule has 2 heterocycles. The summed E-state index contributed by atoms with van der Waals surface area (Å²) in [4.78, 5) is 12.3. The third-order valence-corrected chi connectivity index (χ3v) is 5.09. The number of benzene rings is 1. The highest BCUT2D eigenvalue weighted by Crippen LogP contribution is 2.40. The van der Waals surface area contributed by atoms with Crippen molar-refractivity contribution in [2.24, 2.45) is 0 Å². The fourth-order valence-electron chi connectivity index (χ4n) is 3.52. The maximum absolute atomic E-state index is 12.3. The molecule has 0 bridgehead atoms. The Bertz CT molecular complexity index is 992. The summed E-state index contributed by atoms with van der Waals surface area (Å²) < 4.78 is 27.2. The van der Waals surface area contributed by atoms with Crippen LogP contribution in [0.2, 0.25) is 0 Å². The zero-order chi connectivity index (χ0) is 19.1. The Morgan fingerprint density at radius 1 is 1.42 bits per heavy atom. The van der Waals surface area contributed by atoms with E-state index in [0.717, 1.165) is 28.8 Å². The molecule has 8 heteroatoms. The summed E-state index contributed by atoms with van der Waals surface area (Å²) in [7, 11) is -3.38. The Balaban J connectivity index is 2.07. The highest BCUT2D eigenvalue weighted by Gasteiger charge is 2.31. The number of aryl methyl sites for hydroxylation is 1. The van der Waals surface area contributed by atoms with Crippen molar-refractivity contribution >= 4 is 27.3 Å². The average Bonchev–Trinajstić information content (AvgIpc) is 2.79. The van der Waals surface area contributed by atoms with Crippen LogP contribution in [0.1, 0.15) is 34.9 Å². The average molecular weight is 374 g/mol. The van der Waals surface area contributed by atoms with Crippen LogP contribution < -0.4 is 10.0 Å². The molecule has 0 radical (unpaired) electrons. The van der Waals surface area contributed by atoms with Gasteiger partial charge in [0.25, 0.3) is 0 Å². The van der Waals surface area contributed by atoms with Gasteiger partial charge in [0.15, 0.2) is 0 Å². The summed E-state index contributed by atoms with van der Waals surface area (Å²) in [5, 5.41) is 7.40. The molecular weight excluding hydrogens is 352 g/mol. The van der Waals surface area contributed by atoms with Gasteiger partial charge in [0, 0.05) is 29.3 Å². The molecule has 0 aliphatic carbocycles. The van der Waals surface area contributed by atoms with Crippen molar-refractivity contribution < 1.29 is 13.2 Å². The number of carbonyl (C=O) groups excluding carboxylic acids is 1. The summed E-state index contributed by atoms with van der Waals surface area (Å²) in [6.07, 6.45) is 3.20. The standard InChI is InChI=1S/C18H22N4O3S/c1-5-8-22-12(3)18(11(2)20-22)15-10-17(23)19-16-9-13(6-7-14(15)16)21-26(4,24)25/h5-7,9,15,21H,1,8,10H2,2-4H3,(H,19,23)/t15-/m1/s1. The van der Waals surface area contributed by atoms with Crippen LogP contribution in [0.3, 0.4) is 0 Å². The largest absolute Gasteiger partial charge is 0.326 e. The highest BCUT2D eigenvalue weighted by atomic mass is 32.2. The zero-order valence-corrected chi connectivity index (χ0v) is 15.9. The normalized spacial score (nSPS) is 16.7. The van der Waals surface area contributed by atoms with Gasteiger partial charge in [0.05, 0.1) is 24.2 Å². The van der Waals surface area contributed by atoms with Crippen molar-refractivity contribution in [2.75, 3.05) is 16.3 Å². The molecule has 0 unspecified atom stereocenters. The first-order valence-corrected chi connectivity index (χ1v) is 10.1. The number of allylic oxidation sites excluding steroid dienone is 1. The van der Waals surface area contributed by atoms with Crippen molar-refractivity contribution in [1.82, 2.24) is 9.78 Å². The van der Waals surface area contributed by atoms with E-state index in [4.69, 9.17) is 0 Å². The molecule has 0 saturated carbocycles. The molecule has 3 rings (SSSR count). The van der Waals surface area contributed by atoms with Gasteiger partial charge < -0.3 is 5.32 Å². The smallest absolute Gasteiger partial charge is 0.229 e. The molecule has 1 aliphatic heterocycles. The number of nitrogens with one attached hydrogen (secondary N) is 2. The van der Waals surface area contributed by atoms with Gasteiger partial charge in [-0.25, -0.2) is 8.42 Å². The van der Waals surface area contributed by atoms with E-state index < -0.39 is 10.0 Å². The van der Waals surface area contributed by atoms with Gasteiger partial charge in [0.1, 0.15) is 0 Å². The first-order chi connectivity index (χ1) is 12.2. The van der Waals surface area contributed by atoms with Crippen LogP contribution in [-0.2, 0) is 21.4 Å². The number of nitrogens with zero attached hydrogens (tertiary/aromatic N) is 2. The molecule has 26 heavy (non-hydrogen) atoms.